The number of pyridine rings is 1. The van der Waals surface area contributed by atoms with Crippen molar-refractivity contribution in [2.24, 2.45) is 5.92 Å². The lowest BCUT2D eigenvalue weighted by atomic mass is 9.85. The SMILES string of the molecule is O=C1N[C@@H](C(=O)O)[C@H]1Cc1ccc(OCc2cc(-c3ccccc3)nc3ccccc23)cc1. The lowest BCUT2D eigenvalue weighted by Gasteiger charge is -2.33. The third-order valence-corrected chi connectivity index (χ3v) is 5.95. The molecule has 0 aliphatic carbocycles. The van der Waals surface area contributed by atoms with Gasteiger partial charge in [0.1, 0.15) is 18.4 Å². The van der Waals surface area contributed by atoms with Crippen molar-refractivity contribution in [3.63, 3.8) is 0 Å². The summed E-state index contributed by atoms with van der Waals surface area (Å²) in [6.45, 7) is 0.383. The van der Waals surface area contributed by atoms with Crippen LogP contribution in [-0.2, 0) is 22.6 Å². The van der Waals surface area contributed by atoms with E-state index < -0.39 is 17.9 Å². The topological polar surface area (TPSA) is 88.5 Å². The molecule has 0 saturated carbocycles. The number of rotatable bonds is 7. The van der Waals surface area contributed by atoms with Crippen LogP contribution < -0.4 is 10.1 Å². The molecule has 1 aromatic heterocycles. The summed E-state index contributed by atoms with van der Waals surface area (Å²) in [6, 6.07) is 26.8. The fraction of sp³-hybridized carbons (Fsp3) is 0.148. The Morgan fingerprint density at radius 1 is 0.970 bits per heavy atom. The van der Waals surface area contributed by atoms with Gasteiger partial charge in [-0.05, 0) is 36.2 Å². The normalized spacial score (nSPS) is 17.3. The summed E-state index contributed by atoms with van der Waals surface area (Å²) in [5.41, 5.74) is 4.80. The molecular formula is C27H22N2O4. The molecular weight excluding hydrogens is 416 g/mol. The van der Waals surface area contributed by atoms with Crippen LogP contribution in [-0.4, -0.2) is 28.0 Å². The Kier molecular flexibility index (Phi) is 5.48. The van der Waals surface area contributed by atoms with Gasteiger partial charge in [0.05, 0.1) is 17.1 Å². The lowest BCUT2D eigenvalue weighted by molar-refractivity contribution is -0.153. The lowest BCUT2D eigenvalue weighted by Crippen LogP contribution is -2.62. The molecule has 1 aliphatic heterocycles. The van der Waals surface area contributed by atoms with Crippen LogP contribution in [0.2, 0.25) is 0 Å². The van der Waals surface area contributed by atoms with Gasteiger partial charge in [0, 0.05) is 16.5 Å². The van der Waals surface area contributed by atoms with Crippen LogP contribution in [0.4, 0.5) is 0 Å². The van der Waals surface area contributed by atoms with Crippen LogP contribution in [0.25, 0.3) is 22.2 Å². The molecule has 2 atom stereocenters. The second-order valence-corrected chi connectivity index (χ2v) is 8.12. The van der Waals surface area contributed by atoms with Gasteiger partial charge in [-0.2, -0.15) is 0 Å². The average Bonchev–Trinajstić information content (AvgIpc) is 2.85. The summed E-state index contributed by atoms with van der Waals surface area (Å²) < 4.78 is 6.07. The van der Waals surface area contributed by atoms with Gasteiger partial charge in [0.15, 0.2) is 0 Å². The number of benzene rings is 3. The van der Waals surface area contributed by atoms with E-state index in [1.807, 2.05) is 78.9 Å². The maximum absolute atomic E-state index is 11.7. The number of nitrogens with one attached hydrogen (secondary N) is 1. The summed E-state index contributed by atoms with van der Waals surface area (Å²) in [5, 5.41) is 12.6. The number of aromatic nitrogens is 1. The molecule has 3 aromatic carbocycles. The van der Waals surface area contributed by atoms with Gasteiger partial charge in [0.25, 0.3) is 0 Å². The Morgan fingerprint density at radius 3 is 2.42 bits per heavy atom. The second kappa shape index (κ2) is 8.74. The first kappa shape index (κ1) is 20.7. The Balaban J connectivity index is 1.32. The number of hydrogen-bond donors (Lipinski definition) is 2. The Morgan fingerprint density at radius 2 is 1.70 bits per heavy atom. The van der Waals surface area contributed by atoms with Crippen LogP contribution in [0.3, 0.4) is 0 Å². The number of β-lactam (4-membered cyclic amide) rings is 1. The molecule has 0 bridgehead atoms. The van der Waals surface area contributed by atoms with Crippen molar-refractivity contribution >= 4 is 22.8 Å². The highest BCUT2D eigenvalue weighted by molar-refractivity contribution is 5.96. The van der Waals surface area contributed by atoms with Crippen molar-refractivity contribution in [1.29, 1.82) is 0 Å². The number of carbonyl (C=O) groups excluding carboxylic acids is 1. The number of amides is 1. The number of fused-ring (bicyclic) bond motifs is 1. The standard InChI is InChI=1S/C27H22N2O4/c30-26-22(25(29-26)27(31)32)14-17-10-12-20(13-11-17)33-16-19-15-24(18-6-2-1-3-7-18)28-23-9-5-4-8-21(19)23/h1-13,15,22,25H,14,16H2,(H,29,30)(H,31,32)/t22-,25-/m1/s1. The molecule has 2 heterocycles. The Bertz CT molecular complexity index is 1320. The van der Waals surface area contributed by atoms with Crippen molar-refractivity contribution in [3.05, 3.63) is 96.1 Å². The summed E-state index contributed by atoms with van der Waals surface area (Å²) >= 11 is 0. The zero-order valence-electron chi connectivity index (χ0n) is 17.8. The molecule has 0 spiro atoms. The number of para-hydroxylation sites is 1. The van der Waals surface area contributed by atoms with Gasteiger partial charge in [-0.1, -0.05) is 60.7 Å². The molecule has 2 N–H and O–H groups in total. The fourth-order valence-corrected chi connectivity index (χ4v) is 4.12. The molecule has 1 fully saturated rings. The number of carboxylic acid groups (broad SMARTS) is 1. The van der Waals surface area contributed by atoms with E-state index in [1.165, 1.54) is 0 Å². The van der Waals surface area contributed by atoms with Crippen molar-refractivity contribution in [2.75, 3.05) is 0 Å². The predicted octanol–water partition coefficient (Wildman–Crippen LogP) is 4.22. The maximum Gasteiger partial charge on any atom is 0.327 e. The summed E-state index contributed by atoms with van der Waals surface area (Å²) in [6.07, 6.45) is 0.387. The first-order chi connectivity index (χ1) is 16.1. The second-order valence-electron chi connectivity index (χ2n) is 8.12. The smallest absolute Gasteiger partial charge is 0.327 e. The highest BCUT2D eigenvalue weighted by Gasteiger charge is 2.43. The van der Waals surface area contributed by atoms with Gasteiger partial charge < -0.3 is 15.2 Å². The van der Waals surface area contributed by atoms with E-state index in [1.54, 1.807) is 0 Å². The number of carbonyl (C=O) groups is 2. The van der Waals surface area contributed by atoms with Gasteiger partial charge in [-0.15, -0.1) is 0 Å². The molecule has 4 aromatic rings. The molecule has 0 radical (unpaired) electrons. The monoisotopic (exact) mass is 438 g/mol. The highest BCUT2D eigenvalue weighted by atomic mass is 16.5. The molecule has 33 heavy (non-hydrogen) atoms. The van der Waals surface area contributed by atoms with Gasteiger partial charge >= 0.3 is 5.97 Å². The number of ether oxygens (including phenoxy) is 1. The minimum Gasteiger partial charge on any atom is -0.489 e. The van der Waals surface area contributed by atoms with E-state index in [0.29, 0.717) is 18.8 Å². The van der Waals surface area contributed by atoms with Crippen LogP contribution in [0, 0.1) is 5.92 Å². The molecule has 0 unspecified atom stereocenters. The van der Waals surface area contributed by atoms with Crippen LogP contribution in [0.1, 0.15) is 11.1 Å². The third kappa shape index (κ3) is 4.28. The summed E-state index contributed by atoms with van der Waals surface area (Å²) in [4.78, 5) is 27.7. The van der Waals surface area contributed by atoms with Crippen molar-refractivity contribution in [3.8, 4) is 17.0 Å². The van der Waals surface area contributed by atoms with Crippen molar-refractivity contribution in [1.82, 2.24) is 10.3 Å². The van der Waals surface area contributed by atoms with Gasteiger partial charge in [-0.3, -0.25) is 4.79 Å². The molecule has 5 rings (SSSR count). The fourth-order valence-electron chi connectivity index (χ4n) is 4.12. The molecule has 1 amide bonds. The van der Waals surface area contributed by atoms with E-state index in [2.05, 4.69) is 11.4 Å². The van der Waals surface area contributed by atoms with E-state index in [0.717, 1.165) is 33.3 Å². The maximum atomic E-state index is 11.7. The Hall–Kier alpha value is -4.19. The average molecular weight is 438 g/mol. The third-order valence-electron chi connectivity index (χ3n) is 5.95. The van der Waals surface area contributed by atoms with Crippen LogP contribution in [0.15, 0.2) is 84.9 Å². The van der Waals surface area contributed by atoms with Gasteiger partial charge in [0.2, 0.25) is 5.91 Å². The molecule has 6 heteroatoms. The molecule has 1 aliphatic rings. The highest BCUT2D eigenvalue weighted by Crippen LogP contribution is 2.27. The minimum absolute atomic E-state index is 0.221. The number of aliphatic carboxylic acids is 1. The molecule has 6 nitrogen and oxygen atoms in total. The van der Waals surface area contributed by atoms with E-state index in [4.69, 9.17) is 14.8 Å². The van der Waals surface area contributed by atoms with Crippen LogP contribution in [0.5, 0.6) is 5.75 Å². The van der Waals surface area contributed by atoms with Gasteiger partial charge in [-0.25, -0.2) is 9.78 Å². The first-order valence-electron chi connectivity index (χ1n) is 10.8. The van der Waals surface area contributed by atoms with Crippen molar-refractivity contribution in [2.45, 2.75) is 19.1 Å². The number of carboxylic acids is 1. The Labute approximate surface area is 190 Å². The zero-order chi connectivity index (χ0) is 22.8. The van der Waals surface area contributed by atoms with E-state index in [-0.39, 0.29) is 5.91 Å². The van der Waals surface area contributed by atoms with E-state index in [9.17, 15) is 9.59 Å². The van der Waals surface area contributed by atoms with E-state index >= 15 is 0 Å². The molecule has 1 saturated heterocycles. The first-order valence-corrected chi connectivity index (χ1v) is 10.8. The zero-order valence-corrected chi connectivity index (χ0v) is 17.8. The summed E-state index contributed by atoms with van der Waals surface area (Å²) in [7, 11) is 0. The summed E-state index contributed by atoms with van der Waals surface area (Å²) in [5.74, 6) is -1.05. The number of hydrogen-bond acceptors (Lipinski definition) is 4. The quantitative estimate of drug-likeness (QED) is 0.422. The van der Waals surface area contributed by atoms with Crippen molar-refractivity contribution < 1.29 is 19.4 Å². The number of nitrogens with zero attached hydrogens (tertiary/aromatic N) is 1. The minimum atomic E-state index is -1.00. The molecule has 164 valence electrons. The van der Waals surface area contributed by atoms with Crippen LogP contribution >= 0.6 is 0 Å². The largest absolute Gasteiger partial charge is 0.489 e. The predicted molar refractivity (Wildman–Crippen MR) is 125 cm³/mol.